The maximum absolute atomic E-state index is 14.1. The van der Waals surface area contributed by atoms with Gasteiger partial charge in [0.15, 0.2) is 0 Å². The molecular weight excluding hydrogens is 863 g/mol. The first-order valence-electron chi connectivity index (χ1n) is 19.6. The van der Waals surface area contributed by atoms with Crippen LogP contribution in [-0.2, 0) is 33.9 Å². The van der Waals surface area contributed by atoms with Crippen molar-refractivity contribution in [2.75, 3.05) is 43.9 Å². The Morgan fingerprint density at radius 1 is 0.915 bits per heavy atom. The van der Waals surface area contributed by atoms with E-state index in [1.165, 1.54) is 6.20 Å². The summed E-state index contributed by atoms with van der Waals surface area (Å²) in [5.74, 6) is -0.627. The Hall–Kier alpha value is -5.72. The zero-order valence-corrected chi connectivity index (χ0v) is 35.3. The van der Waals surface area contributed by atoms with E-state index < -0.39 is 6.04 Å². The number of nitrogens with one attached hydrogen (secondary N) is 3. The Labute approximate surface area is 356 Å². The molecule has 2 aromatic heterocycles. The number of amides is 4. The maximum atomic E-state index is 14.1. The lowest BCUT2D eigenvalue weighted by Crippen LogP contribution is -2.42. The summed E-state index contributed by atoms with van der Waals surface area (Å²) in [6.45, 7) is 2.37. The monoisotopic (exact) mass is 912 g/mol. The maximum Gasteiger partial charge on any atom is 0.269 e. The molecule has 59 heavy (non-hydrogen) atoms. The van der Waals surface area contributed by atoms with Gasteiger partial charge in [-0.1, -0.05) is 53.7 Å². The van der Waals surface area contributed by atoms with Crippen LogP contribution in [0.15, 0.2) is 85.1 Å². The fourth-order valence-corrected chi connectivity index (χ4v) is 7.38. The van der Waals surface area contributed by atoms with E-state index in [9.17, 15) is 24.3 Å². The fourth-order valence-electron chi connectivity index (χ4n) is 6.80. The van der Waals surface area contributed by atoms with E-state index >= 15 is 0 Å². The average molecular weight is 913 g/mol. The van der Waals surface area contributed by atoms with Gasteiger partial charge in [0.25, 0.3) is 5.91 Å². The minimum atomic E-state index is -0.744. The number of rotatable bonds is 17. The highest BCUT2D eigenvalue weighted by atomic mass is 127. The number of phenols is 1. The molecule has 5 aromatic rings. The molecule has 3 heterocycles. The van der Waals surface area contributed by atoms with Crippen LogP contribution in [0.4, 0.5) is 11.4 Å². The molecule has 4 amide bonds. The van der Waals surface area contributed by atoms with Crippen LogP contribution in [0.25, 0.3) is 22.5 Å². The van der Waals surface area contributed by atoms with Crippen LogP contribution in [0.3, 0.4) is 0 Å². The van der Waals surface area contributed by atoms with Gasteiger partial charge in [-0.25, -0.2) is 9.67 Å². The molecule has 0 unspecified atom stereocenters. The second kappa shape index (κ2) is 20.3. The van der Waals surface area contributed by atoms with E-state index in [1.807, 2.05) is 101 Å². The summed E-state index contributed by atoms with van der Waals surface area (Å²) in [6.07, 6.45) is 3.82. The molecule has 0 aliphatic carbocycles. The van der Waals surface area contributed by atoms with Gasteiger partial charge in [-0.05, 0) is 104 Å². The van der Waals surface area contributed by atoms with Gasteiger partial charge in [0.2, 0.25) is 17.7 Å². The summed E-state index contributed by atoms with van der Waals surface area (Å²) in [5.41, 5.74) is 12.7. The molecule has 0 saturated heterocycles. The minimum absolute atomic E-state index is 0.0696. The number of aromatic hydroxyl groups is 1. The van der Waals surface area contributed by atoms with Crippen LogP contribution in [0, 0.1) is 3.57 Å². The van der Waals surface area contributed by atoms with Crippen molar-refractivity contribution in [1.29, 1.82) is 0 Å². The Morgan fingerprint density at radius 3 is 2.44 bits per heavy atom. The number of benzene rings is 3. The van der Waals surface area contributed by atoms with Crippen molar-refractivity contribution >= 4 is 57.6 Å². The van der Waals surface area contributed by atoms with Crippen LogP contribution in [-0.4, -0.2) is 93.4 Å². The van der Waals surface area contributed by atoms with Crippen molar-refractivity contribution in [3.05, 3.63) is 105 Å². The number of carbonyl (C=O) groups excluding carboxylic acids is 4. The zero-order chi connectivity index (χ0) is 41.9. The Kier molecular flexibility index (Phi) is 14.8. The molecule has 308 valence electrons. The third-order valence-corrected chi connectivity index (χ3v) is 10.8. The third-order valence-electron chi connectivity index (χ3n) is 9.91. The number of nitrogens with two attached hydrogens (primary N) is 1. The average Bonchev–Trinajstić information content (AvgIpc) is 3.64. The lowest BCUT2D eigenvalue weighted by atomic mass is 9.95. The van der Waals surface area contributed by atoms with Gasteiger partial charge in [0, 0.05) is 50.1 Å². The normalized spacial score (nSPS) is 12.4. The fraction of sp³-hybridized carbons (Fsp3) is 0.326. The van der Waals surface area contributed by atoms with E-state index in [1.54, 1.807) is 29.2 Å². The Bertz CT molecular complexity index is 2280. The van der Waals surface area contributed by atoms with E-state index in [2.05, 4.69) is 31.2 Å². The molecule has 1 atom stereocenters. The number of hydrogen-bond donors (Lipinski definition) is 5. The Balaban J connectivity index is 1.06. The summed E-state index contributed by atoms with van der Waals surface area (Å²) in [7, 11) is 3.85. The number of anilines is 2. The van der Waals surface area contributed by atoms with Crippen molar-refractivity contribution in [1.82, 2.24) is 35.5 Å². The summed E-state index contributed by atoms with van der Waals surface area (Å²) in [6, 6.07) is 23.2. The van der Waals surface area contributed by atoms with Crippen molar-refractivity contribution in [3.8, 4) is 28.3 Å². The number of hydrogen-bond acceptors (Lipinski definition) is 10. The first-order chi connectivity index (χ1) is 28.5. The van der Waals surface area contributed by atoms with Crippen molar-refractivity contribution in [3.63, 3.8) is 0 Å². The van der Waals surface area contributed by atoms with E-state index in [-0.39, 0.29) is 47.9 Å². The van der Waals surface area contributed by atoms with Gasteiger partial charge in [0.05, 0.1) is 39.4 Å². The standard InChI is InChI=1S/C43H49IN10O5/c1-52(2)23-21-47-43(59)35-18-17-30(26-48-35)49-38(56)14-7-8-15-39(57)53-27-29-10-3-4-11-31(29)40-41(32-12-5-6-13-36(32)53)54(51-50-40)22-9-20-46-42(58)34(45)25-28-16-19-37(55)33(44)24-28/h3-6,10-13,16-19,24,26,34,55H,7-9,14-15,20-23,25,27,45H2,1-2H3,(H,46,58)(H,47,59)(H,49,56)/t34-/m0/s1. The highest BCUT2D eigenvalue weighted by molar-refractivity contribution is 14.1. The van der Waals surface area contributed by atoms with Crippen LogP contribution in [0.5, 0.6) is 5.75 Å². The molecule has 0 saturated carbocycles. The van der Waals surface area contributed by atoms with Crippen molar-refractivity contribution in [2.45, 2.75) is 57.7 Å². The first-order valence-corrected chi connectivity index (χ1v) is 20.7. The number of para-hydroxylation sites is 1. The van der Waals surface area contributed by atoms with Crippen LogP contribution >= 0.6 is 22.6 Å². The predicted octanol–water partition coefficient (Wildman–Crippen LogP) is 4.73. The Morgan fingerprint density at radius 2 is 1.68 bits per heavy atom. The van der Waals surface area contributed by atoms with E-state index in [4.69, 9.17) is 5.73 Å². The van der Waals surface area contributed by atoms with Crippen LogP contribution in [0.1, 0.15) is 53.7 Å². The number of phenolic OH excluding ortho intramolecular Hbond substituents is 1. The smallest absolute Gasteiger partial charge is 0.269 e. The number of halogens is 1. The summed E-state index contributed by atoms with van der Waals surface area (Å²) >= 11 is 2.04. The number of nitrogens with zero attached hydrogens (tertiary/aromatic N) is 6. The number of fused-ring (bicyclic) bond motifs is 5. The molecular formula is C43H49IN10O5. The zero-order valence-electron chi connectivity index (χ0n) is 33.2. The second-order valence-electron chi connectivity index (χ2n) is 14.7. The highest BCUT2D eigenvalue weighted by Gasteiger charge is 2.29. The number of likely N-dealkylation sites (N-methyl/N-ethyl adjacent to an activating group) is 1. The number of carbonyl (C=O) groups is 4. The van der Waals surface area contributed by atoms with E-state index in [0.717, 1.165) is 33.6 Å². The van der Waals surface area contributed by atoms with Crippen molar-refractivity contribution in [2.24, 2.45) is 5.73 Å². The molecule has 6 N–H and O–H groups in total. The molecule has 3 aromatic carbocycles. The number of aromatic nitrogens is 4. The molecule has 16 heteroatoms. The topological polar surface area (TPSA) is 201 Å². The molecule has 0 fully saturated rings. The molecule has 1 aliphatic rings. The third kappa shape index (κ3) is 11.3. The molecule has 15 nitrogen and oxygen atoms in total. The van der Waals surface area contributed by atoms with Gasteiger partial charge in [-0.3, -0.25) is 19.2 Å². The summed E-state index contributed by atoms with van der Waals surface area (Å²) < 4.78 is 2.52. The summed E-state index contributed by atoms with van der Waals surface area (Å²) in [4.78, 5) is 60.0. The quantitative estimate of drug-likeness (QED) is 0.0642. The minimum Gasteiger partial charge on any atom is -0.507 e. The predicted molar refractivity (Wildman–Crippen MR) is 234 cm³/mol. The van der Waals surface area contributed by atoms with Crippen LogP contribution in [0.2, 0.25) is 0 Å². The molecule has 0 bridgehead atoms. The van der Waals surface area contributed by atoms with Gasteiger partial charge in [-0.15, -0.1) is 5.10 Å². The summed E-state index contributed by atoms with van der Waals surface area (Å²) in [5, 5.41) is 27.6. The number of pyridine rings is 1. The first kappa shape index (κ1) is 42.9. The molecule has 6 rings (SSSR count). The van der Waals surface area contributed by atoms with Gasteiger partial charge in [-0.2, -0.15) is 0 Å². The SMILES string of the molecule is CN(C)CCNC(=O)c1ccc(NC(=O)CCCCC(=O)N2Cc3ccccc3-c3nnn(CCCNC(=O)[C@@H](N)Cc4ccc(O)c(I)c4)c3-c3ccccc32)cn1. The lowest BCUT2D eigenvalue weighted by Gasteiger charge is -2.29. The lowest BCUT2D eigenvalue weighted by molar-refractivity contribution is -0.122. The van der Waals surface area contributed by atoms with Crippen LogP contribution < -0.4 is 26.6 Å². The second-order valence-corrected chi connectivity index (χ2v) is 15.8. The molecule has 0 spiro atoms. The van der Waals surface area contributed by atoms with Gasteiger partial charge >= 0.3 is 0 Å². The number of unbranched alkanes of at least 4 members (excludes halogenated alkanes) is 1. The molecule has 0 radical (unpaired) electrons. The van der Waals surface area contributed by atoms with Gasteiger partial charge < -0.3 is 36.6 Å². The number of aryl methyl sites for hydroxylation is 1. The highest BCUT2D eigenvalue weighted by Crippen LogP contribution is 2.41. The largest absolute Gasteiger partial charge is 0.507 e. The van der Waals surface area contributed by atoms with Crippen molar-refractivity contribution < 1.29 is 24.3 Å². The van der Waals surface area contributed by atoms with E-state index in [0.29, 0.717) is 73.4 Å². The molecule has 1 aliphatic heterocycles. The van der Waals surface area contributed by atoms with Gasteiger partial charge in [0.1, 0.15) is 17.1 Å².